The minimum atomic E-state index is -0.222. The van der Waals surface area contributed by atoms with Crippen LogP contribution in [0.25, 0.3) is 0 Å². The summed E-state index contributed by atoms with van der Waals surface area (Å²) in [7, 11) is 0. The first-order valence-electron chi connectivity index (χ1n) is 6.29. The molecule has 0 radical (unpaired) electrons. The quantitative estimate of drug-likeness (QED) is 0.597. The van der Waals surface area contributed by atoms with E-state index in [2.05, 4.69) is 12.2 Å². The Kier molecular flexibility index (Phi) is 6.69. The van der Waals surface area contributed by atoms with E-state index in [1.54, 1.807) is 18.2 Å². The lowest BCUT2D eigenvalue weighted by molar-refractivity contribution is 0.0951. The second-order valence-electron chi connectivity index (χ2n) is 4.37. The van der Waals surface area contributed by atoms with Crippen LogP contribution in [0.4, 0.5) is 0 Å². The average Bonchev–Trinajstić information content (AvgIpc) is 2.33. The zero-order chi connectivity index (χ0) is 13.5. The number of benzene rings is 1. The molecule has 1 aromatic rings. The van der Waals surface area contributed by atoms with Crippen molar-refractivity contribution < 1.29 is 4.79 Å². The molecule has 4 heteroatoms. The highest BCUT2D eigenvalue weighted by atomic mass is 35.5. The molecule has 100 valence electrons. The lowest BCUT2D eigenvalue weighted by Crippen LogP contribution is -2.34. The molecular weight excluding hydrogens is 269 g/mol. The Morgan fingerprint density at radius 1 is 1.33 bits per heavy atom. The second-order valence-corrected chi connectivity index (χ2v) is 5.21. The number of carbonyl (C=O) groups excluding carboxylic acids is 1. The highest BCUT2D eigenvalue weighted by Gasteiger charge is 2.17. The van der Waals surface area contributed by atoms with Crippen molar-refractivity contribution in [2.75, 3.05) is 6.54 Å². The van der Waals surface area contributed by atoms with Crippen LogP contribution in [0.15, 0.2) is 18.2 Å². The van der Waals surface area contributed by atoms with Crippen molar-refractivity contribution in [1.29, 1.82) is 0 Å². The van der Waals surface area contributed by atoms with Gasteiger partial charge in [-0.15, -0.1) is 0 Å². The Morgan fingerprint density at radius 2 is 2.06 bits per heavy atom. The van der Waals surface area contributed by atoms with E-state index in [9.17, 15) is 4.79 Å². The minimum absolute atomic E-state index is 0.00756. The van der Waals surface area contributed by atoms with Gasteiger partial charge in [0.05, 0.1) is 11.1 Å². The molecular formula is C14H19Cl2NO. The van der Waals surface area contributed by atoms with Crippen LogP contribution in [0.3, 0.4) is 0 Å². The van der Waals surface area contributed by atoms with Crippen LogP contribution in [0.1, 0.15) is 43.5 Å². The molecule has 18 heavy (non-hydrogen) atoms. The molecule has 1 unspecified atom stereocenters. The number of nitrogens with one attached hydrogen (secondary N) is 1. The number of hydrogen-bond donors (Lipinski definition) is 1. The predicted octanol–water partition coefficient (Wildman–Crippen LogP) is 4.34. The molecule has 1 atom stereocenters. The molecule has 0 heterocycles. The lowest BCUT2D eigenvalue weighted by Gasteiger charge is -2.13. The van der Waals surface area contributed by atoms with E-state index in [-0.39, 0.29) is 11.8 Å². The van der Waals surface area contributed by atoms with Crippen LogP contribution >= 0.6 is 23.2 Å². The fourth-order valence-corrected chi connectivity index (χ4v) is 2.21. The first-order valence-corrected chi connectivity index (χ1v) is 7.04. The summed E-state index contributed by atoms with van der Waals surface area (Å²) in [5, 5.41) is 4.17. The zero-order valence-electron chi connectivity index (χ0n) is 10.8. The standard InChI is InChI=1S/C14H19Cl2NO/c1-3-4-5-8-17-10(2)14(18)12-7-6-11(15)9-13(12)16/h6-7,9-10,17H,3-5,8H2,1-2H3. The second kappa shape index (κ2) is 7.78. The first-order chi connectivity index (χ1) is 8.56. The third kappa shape index (κ3) is 4.60. The molecule has 1 rings (SSSR count). The van der Waals surface area contributed by atoms with Crippen LogP contribution in [0, 0.1) is 0 Å². The Hall–Kier alpha value is -0.570. The van der Waals surface area contributed by atoms with Gasteiger partial charge in [0.25, 0.3) is 0 Å². The van der Waals surface area contributed by atoms with Crippen molar-refractivity contribution in [3.63, 3.8) is 0 Å². The molecule has 0 aromatic heterocycles. The summed E-state index contributed by atoms with van der Waals surface area (Å²) in [6.07, 6.45) is 3.44. The molecule has 0 fully saturated rings. The highest BCUT2D eigenvalue weighted by molar-refractivity contribution is 6.37. The molecule has 0 bridgehead atoms. The van der Waals surface area contributed by atoms with E-state index in [0.29, 0.717) is 15.6 Å². The number of hydrogen-bond acceptors (Lipinski definition) is 2. The Morgan fingerprint density at radius 3 is 2.67 bits per heavy atom. The van der Waals surface area contributed by atoms with Gasteiger partial charge >= 0.3 is 0 Å². The Balaban J connectivity index is 2.57. The number of carbonyl (C=O) groups is 1. The Labute approximate surface area is 119 Å². The number of halogens is 2. The normalized spacial score (nSPS) is 12.4. The summed E-state index contributed by atoms with van der Waals surface area (Å²) < 4.78 is 0. The van der Waals surface area contributed by atoms with Crippen molar-refractivity contribution in [2.45, 2.75) is 39.2 Å². The molecule has 0 saturated carbocycles. The molecule has 0 saturated heterocycles. The van der Waals surface area contributed by atoms with Crippen LogP contribution in [-0.4, -0.2) is 18.4 Å². The number of rotatable bonds is 7. The van der Waals surface area contributed by atoms with Crippen molar-refractivity contribution in [3.05, 3.63) is 33.8 Å². The molecule has 1 N–H and O–H groups in total. The summed E-state index contributed by atoms with van der Waals surface area (Å²) >= 11 is 11.8. The van der Waals surface area contributed by atoms with Gasteiger partial charge < -0.3 is 5.32 Å². The van der Waals surface area contributed by atoms with Gasteiger partial charge in [-0.1, -0.05) is 43.0 Å². The van der Waals surface area contributed by atoms with Crippen molar-refractivity contribution in [3.8, 4) is 0 Å². The van der Waals surface area contributed by atoms with Crippen molar-refractivity contribution in [1.82, 2.24) is 5.32 Å². The molecule has 2 nitrogen and oxygen atoms in total. The molecule has 0 aliphatic heterocycles. The Bertz CT molecular complexity index is 407. The van der Waals surface area contributed by atoms with Gasteiger partial charge in [-0.2, -0.15) is 0 Å². The van der Waals surface area contributed by atoms with Gasteiger partial charge in [0.15, 0.2) is 5.78 Å². The van der Waals surface area contributed by atoms with Crippen LogP contribution in [0.2, 0.25) is 10.0 Å². The summed E-state index contributed by atoms with van der Waals surface area (Å²) in [4.78, 5) is 12.2. The van der Waals surface area contributed by atoms with Crippen LogP contribution in [0.5, 0.6) is 0 Å². The topological polar surface area (TPSA) is 29.1 Å². The zero-order valence-corrected chi connectivity index (χ0v) is 12.3. The third-order valence-corrected chi connectivity index (χ3v) is 3.37. The first kappa shape index (κ1) is 15.5. The number of Topliss-reactive ketones (excluding diaryl/α,β-unsaturated/α-hetero) is 1. The highest BCUT2D eigenvalue weighted by Crippen LogP contribution is 2.22. The SMILES string of the molecule is CCCCCNC(C)C(=O)c1ccc(Cl)cc1Cl. The monoisotopic (exact) mass is 287 g/mol. The lowest BCUT2D eigenvalue weighted by atomic mass is 10.1. The van der Waals surface area contributed by atoms with E-state index in [4.69, 9.17) is 23.2 Å². The largest absolute Gasteiger partial charge is 0.307 e. The summed E-state index contributed by atoms with van der Waals surface area (Å²) in [6.45, 7) is 4.87. The predicted molar refractivity (Wildman–Crippen MR) is 77.8 cm³/mol. The average molecular weight is 288 g/mol. The van der Waals surface area contributed by atoms with E-state index >= 15 is 0 Å². The maximum absolute atomic E-state index is 12.2. The van der Waals surface area contributed by atoms with E-state index in [1.165, 1.54) is 12.8 Å². The minimum Gasteiger partial charge on any atom is -0.307 e. The van der Waals surface area contributed by atoms with E-state index < -0.39 is 0 Å². The number of ketones is 1. The van der Waals surface area contributed by atoms with Crippen LogP contribution < -0.4 is 5.32 Å². The van der Waals surface area contributed by atoms with Gasteiger partial charge in [0.2, 0.25) is 0 Å². The van der Waals surface area contributed by atoms with Crippen molar-refractivity contribution in [2.24, 2.45) is 0 Å². The molecule has 0 spiro atoms. The fourth-order valence-electron chi connectivity index (χ4n) is 1.71. The van der Waals surface area contributed by atoms with Gasteiger partial charge in [-0.3, -0.25) is 4.79 Å². The third-order valence-electron chi connectivity index (χ3n) is 2.82. The molecule has 1 aromatic carbocycles. The smallest absolute Gasteiger partial charge is 0.180 e. The van der Waals surface area contributed by atoms with E-state index in [1.807, 2.05) is 6.92 Å². The van der Waals surface area contributed by atoms with Crippen LogP contribution in [-0.2, 0) is 0 Å². The van der Waals surface area contributed by atoms with Gasteiger partial charge in [-0.05, 0) is 38.1 Å². The fraction of sp³-hybridized carbons (Fsp3) is 0.500. The maximum atomic E-state index is 12.2. The molecule has 0 aliphatic rings. The molecule has 0 amide bonds. The summed E-state index contributed by atoms with van der Waals surface area (Å²) in [6, 6.07) is 4.74. The van der Waals surface area contributed by atoms with Gasteiger partial charge in [-0.25, -0.2) is 0 Å². The van der Waals surface area contributed by atoms with Gasteiger partial charge in [0.1, 0.15) is 0 Å². The van der Waals surface area contributed by atoms with Crippen molar-refractivity contribution >= 4 is 29.0 Å². The summed E-state index contributed by atoms with van der Waals surface area (Å²) in [5.41, 5.74) is 0.525. The number of unbranched alkanes of at least 4 members (excludes halogenated alkanes) is 2. The van der Waals surface area contributed by atoms with Gasteiger partial charge in [0, 0.05) is 10.6 Å². The van der Waals surface area contributed by atoms with E-state index in [0.717, 1.165) is 13.0 Å². The molecule has 0 aliphatic carbocycles. The summed E-state index contributed by atoms with van der Waals surface area (Å²) in [5.74, 6) is 0.00756. The maximum Gasteiger partial charge on any atom is 0.180 e.